The fraction of sp³-hybridized carbons (Fsp3) is 0.286. The number of hydrogen-bond donors (Lipinski definition) is 4. The molecule has 0 aliphatic carbocycles. The highest BCUT2D eigenvalue weighted by Crippen LogP contribution is 2.18. The zero-order valence-corrected chi connectivity index (χ0v) is 11.5. The summed E-state index contributed by atoms with van der Waals surface area (Å²) < 4.78 is 4.51. The van der Waals surface area contributed by atoms with Crippen LogP contribution in [-0.4, -0.2) is 36.2 Å². The maximum Gasteiger partial charge on any atom is 0.404 e. The molecule has 1 aromatic heterocycles. The third-order valence-corrected chi connectivity index (χ3v) is 3.10. The highest BCUT2D eigenvalue weighted by molar-refractivity contribution is 5.86. The molecule has 2 aromatic rings. The minimum atomic E-state index is -0.868. The first kappa shape index (κ1) is 14.9. The third-order valence-electron chi connectivity index (χ3n) is 3.10. The number of amides is 2. The summed E-state index contributed by atoms with van der Waals surface area (Å²) in [5, 5.41) is 3.64. The fourth-order valence-corrected chi connectivity index (χ4v) is 2.09. The Morgan fingerprint density at radius 1 is 1.33 bits per heavy atom. The molecule has 2 rings (SSSR count). The molecule has 6 N–H and O–H groups in total. The van der Waals surface area contributed by atoms with Gasteiger partial charge in [-0.1, -0.05) is 18.2 Å². The van der Waals surface area contributed by atoms with Crippen LogP contribution < -0.4 is 16.8 Å². The SMILES string of the molecule is NC(=O)OCCNC(=O)[C@@H](N)Cc1c[nH]c2ccccc12. The number of primary amides is 1. The molecule has 2 amide bonds. The summed E-state index contributed by atoms with van der Waals surface area (Å²) in [7, 11) is 0. The number of aromatic amines is 1. The van der Waals surface area contributed by atoms with Crippen molar-refractivity contribution in [3.05, 3.63) is 36.0 Å². The van der Waals surface area contributed by atoms with Crippen molar-refractivity contribution in [3.8, 4) is 0 Å². The van der Waals surface area contributed by atoms with Gasteiger partial charge in [0.1, 0.15) is 6.61 Å². The second kappa shape index (κ2) is 6.76. The van der Waals surface area contributed by atoms with E-state index in [2.05, 4.69) is 15.0 Å². The Morgan fingerprint density at radius 2 is 2.10 bits per heavy atom. The standard InChI is InChI=1S/C14H18N4O3/c15-11(13(19)17-5-6-21-14(16)20)7-9-8-18-12-4-2-1-3-10(9)12/h1-4,8,11,18H,5-7,15H2,(H2,16,20)(H,17,19)/t11-/m0/s1. The molecule has 21 heavy (non-hydrogen) atoms. The minimum Gasteiger partial charge on any atom is -0.448 e. The number of carbonyl (C=O) groups is 2. The molecule has 0 aliphatic heterocycles. The van der Waals surface area contributed by atoms with Crippen molar-refractivity contribution in [2.75, 3.05) is 13.2 Å². The van der Waals surface area contributed by atoms with E-state index >= 15 is 0 Å². The summed E-state index contributed by atoms with van der Waals surface area (Å²) in [5.74, 6) is -0.298. The normalized spacial score (nSPS) is 12.0. The third kappa shape index (κ3) is 3.96. The van der Waals surface area contributed by atoms with Crippen LogP contribution in [0.5, 0.6) is 0 Å². The van der Waals surface area contributed by atoms with Crippen LogP contribution in [-0.2, 0) is 16.0 Å². The van der Waals surface area contributed by atoms with Crippen molar-refractivity contribution in [3.63, 3.8) is 0 Å². The molecule has 0 radical (unpaired) electrons. The van der Waals surface area contributed by atoms with E-state index in [1.807, 2.05) is 30.5 Å². The van der Waals surface area contributed by atoms with Crippen molar-refractivity contribution in [2.45, 2.75) is 12.5 Å². The molecule has 0 spiro atoms. The van der Waals surface area contributed by atoms with Crippen molar-refractivity contribution in [1.82, 2.24) is 10.3 Å². The van der Waals surface area contributed by atoms with Crippen LogP contribution in [0.25, 0.3) is 10.9 Å². The van der Waals surface area contributed by atoms with Gasteiger partial charge in [0.2, 0.25) is 5.91 Å². The van der Waals surface area contributed by atoms with Gasteiger partial charge in [-0.25, -0.2) is 4.79 Å². The van der Waals surface area contributed by atoms with E-state index in [4.69, 9.17) is 11.5 Å². The van der Waals surface area contributed by atoms with Gasteiger partial charge >= 0.3 is 6.09 Å². The Hall–Kier alpha value is -2.54. The number of H-pyrrole nitrogens is 1. The summed E-state index contributed by atoms with van der Waals surface area (Å²) in [5.41, 5.74) is 12.7. The van der Waals surface area contributed by atoms with Crippen LogP contribution in [0.15, 0.2) is 30.5 Å². The maximum absolute atomic E-state index is 11.8. The lowest BCUT2D eigenvalue weighted by molar-refractivity contribution is -0.122. The Kier molecular flexibility index (Phi) is 4.78. The quantitative estimate of drug-likeness (QED) is 0.569. The highest BCUT2D eigenvalue weighted by atomic mass is 16.5. The topological polar surface area (TPSA) is 123 Å². The zero-order valence-electron chi connectivity index (χ0n) is 11.5. The van der Waals surface area contributed by atoms with Crippen LogP contribution in [0.4, 0.5) is 4.79 Å². The number of aromatic nitrogens is 1. The van der Waals surface area contributed by atoms with Gasteiger partial charge in [0, 0.05) is 17.1 Å². The monoisotopic (exact) mass is 290 g/mol. The van der Waals surface area contributed by atoms with Crippen molar-refractivity contribution in [1.29, 1.82) is 0 Å². The van der Waals surface area contributed by atoms with Gasteiger partial charge in [-0.15, -0.1) is 0 Å². The van der Waals surface area contributed by atoms with Gasteiger partial charge in [0.05, 0.1) is 12.6 Å². The van der Waals surface area contributed by atoms with Gasteiger partial charge in [0.15, 0.2) is 0 Å². The number of hydrogen-bond acceptors (Lipinski definition) is 4. The number of nitrogens with one attached hydrogen (secondary N) is 2. The number of carbonyl (C=O) groups excluding carboxylic acids is 2. The van der Waals surface area contributed by atoms with Gasteiger partial charge in [-0.05, 0) is 18.1 Å². The van der Waals surface area contributed by atoms with Gasteiger partial charge in [-0.2, -0.15) is 0 Å². The first-order valence-corrected chi connectivity index (χ1v) is 6.58. The van der Waals surface area contributed by atoms with Crippen LogP contribution in [0.2, 0.25) is 0 Å². The predicted octanol–water partition coefficient (Wildman–Crippen LogP) is 0.249. The van der Waals surface area contributed by atoms with Crippen molar-refractivity contribution < 1.29 is 14.3 Å². The van der Waals surface area contributed by atoms with Gasteiger partial charge in [-0.3, -0.25) is 4.79 Å². The largest absolute Gasteiger partial charge is 0.448 e. The Labute approximate surface area is 121 Å². The van der Waals surface area contributed by atoms with Crippen molar-refractivity contribution in [2.24, 2.45) is 11.5 Å². The molecule has 1 heterocycles. The average molecular weight is 290 g/mol. The first-order chi connectivity index (χ1) is 10.1. The molecule has 0 aliphatic rings. The summed E-state index contributed by atoms with van der Waals surface area (Å²) in [6.45, 7) is 0.213. The highest BCUT2D eigenvalue weighted by Gasteiger charge is 2.15. The van der Waals surface area contributed by atoms with E-state index in [1.165, 1.54) is 0 Å². The van der Waals surface area contributed by atoms with Crippen LogP contribution in [0, 0.1) is 0 Å². The van der Waals surface area contributed by atoms with E-state index in [1.54, 1.807) is 0 Å². The molecule has 0 saturated carbocycles. The van der Waals surface area contributed by atoms with Gasteiger partial charge < -0.3 is 26.5 Å². The molecule has 0 fully saturated rings. The van der Waals surface area contributed by atoms with Crippen LogP contribution >= 0.6 is 0 Å². The number of para-hydroxylation sites is 1. The molecular formula is C14H18N4O3. The fourth-order valence-electron chi connectivity index (χ4n) is 2.09. The summed E-state index contributed by atoms with van der Waals surface area (Å²) in [6, 6.07) is 7.15. The van der Waals surface area contributed by atoms with Crippen LogP contribution in [0.3, 0.4) is 0 Å². The molecule has 1 aromatic carbocycles. The summed E-state index contributed by atoms with van der Waals surface area (Å²) >= 11 is 0. The van der Waals surface area contributed by atoms with E-state index < -0.39 is 12.1 Å². The molecule has 7 heteroatoms. The molecule has 0 saturated heterocycles. The molecule has 1 atom stereocenters. The lowest BCUT2D eigenvalue weighted by Crippen LogP contribution is -2.43. The first-order valence-electron chi connectivity index (χ1n) is 6.58. The number of fused-ring (bicyclic) bond motifs is 1. The van der Waals surface area contributed by atoms with E-state index in [9.17, 15) is 9.59 Å². The minimum absolute atomic E-state index is 0.0286. The molecule has 7 nitrogen and oxygen atoms in total. The zero-order chi connectivity index (χ0) is 15.2. The van der Waals surface area contributed by atoms with E-state index in [0.717, 1.165) is 16.5 Å². The Bertz CT molecular complexity index is 638. The summed E-state index contributed by atoms with van der Waals surface area (Å²) in [4.78, 5) is 25.3. The van der Waals surface area contributed by atoms with Crippen molar-refractivity contribution >= 4 is 22.9 Å². The molecule has 112 valence electrons. The van der Waals surface area contributed by atoms with E-state index in [-0.39, 0.29) is 19.1 Å². The van der Waals surface area contributed by atoms with Gasteiger partial charge in [0.25, 0.3) is 0 Å². The maximum atomic E-state index is 11.8. The second-order valence-corrected chi connectivity index (χ2v) is 4.63. The average Bonchev–Trinajstić information content (AvgIpc) is 2.86. The second-order valence-electron chi connectivity index (χ2n) is 4.63. The Balaban J connectivity index is 1.87. The number of rotatable bonds is 6. The molecule has 0 bridgehead atoms. The van der Waals surface area contributed by atoms with E-state index in [0.29, 0.717) is 6.42 Å². The number of ether oxygens (including phenoxy) is 1. The number of benzene rings is 1. The lowest BCUT2D eigenvalue weighted by Gasteiger charge is -2.11. The smallest absolute Gasteiger partial charge is 0.404 e. The summed E-state index contributed by atoms with van der Waals surface area (Å²) in [6.07, 6.45) is 1.41. The predicted molar refractivity (Wildman–Crippen MR) is 78.5 cm³/mol. The molecule has 0 unspecified atom stereocenters. The molecular weight excluding hydrogens is 272 g/mol. The Morgan fingerprint density at radius 3 is 2.86 bits per heavy atom. The lowest BCUT2D eigenvalue weighted by atomic mass is 10.1. The number of nitrogens with two attached hydrogens (primary N) is 2. The van der Waals surface area contributed by atoms with Crippen LogP contribution in [0.1, 0.15) is 5.56 Å².